The van der Waals surface area contributed by atoms with Crippen LogP contribution in [-0.4, -0.2) is 72.4 Å². The highest BCUT2D eigenvalue weighted by molar-refractivity contribution is 7.09. The van der Waals surface area contributed by atoms with Gasteiger partial charge in [-0.1, -0.05) is 6.07 Å². The molecule has 2 saturated heterocycles. The number of carbonyl (C=O) groups excluding carboxylic acids is 1. The number of hydrogen-bond donors (Lipinski definition) is 1. The van der Waals surface area contributed by atoms with E-state index >= 15 is 0 Å². The van der Waals surface area contributed by atoms with Crippen molar-refractivity contribution in [2.75, 3.05) is 39.3 Å². The van der Waals surface area contributed by atoms with Crippen LogP contribution in [0.2, 0.25) is 0 Å². The third-order valence-electron chi connectivity index (χ3n) is 5.32. The minimum absolute atomic E-state index is 0.162. The van der Waals surface area contributed by atoms with Gasteiger partial charge in [-0.15, -0.1) is 11.3 Å². The number of thiophene rings is 1. The number of rotatable bonds is 6. The molecule has 3 rings (SSSR count). The summed E-state index contributed by atoms with van der Waals surface area (Å²) in [6.07, 6.45) is 1.89. The van der Waals surface area contributed by atoms with Gasteiger partial charge in [0.25, 0.3) is 0 Å². The molecule has 1 amide bonds. The number of ether oxygens (including phenoxy) is 1. The van der Waals surface area contributed by atoms with Crippen LogP contribution >= 0.6 is 11.3 Å². The van der Waals surface area contributed by atoms with Gasteiger partial charge < -0.3 is 14.7 Å². The largest absolute Gasteiger partial charge is 0.396 e. The standard InChI is InChI=1S/C19H30N2O3S/c1-14-8-20(9-15(2)24-14)10-16-11-21(12-17(16)13-22)19(23)6-5-18-4-3-7-25-18/h3-4,7,14-17,22H,5-6,8-13H2,1-2H3/t14-,15+,16-,17-/m0/s1. The molecule has 140 valence electrons. The van der Waals surface area contributed by atoms with Gasteiger partial charge in [0.15, 0.2) is 0 Å². The maximum Gasteiger partial charge on any atom is 0.222 e. The van der Waals surface area contributed by atoms with Gasteiger partial charge in [-0.25, -0.2) is 0 Å². The van der Waals surface area contributed by atoms with Crippen LogP contribution in [0.5, 0.6) is 0 Å². The molecule has 5 nitrogen and oxygen atoms in total. The Morgan fingerprint density at radius 2 is 1.96 bits per heavy atom. The van der Waals surface area contributed by atoms with Crippen molar-refractivity contribution < 1.29 is 14.6 Å². The summed E-state index contributed by atoms with van der Waals surface area (Å²) in [5.74, 6) is 0.769. The molecule has 2 aliphatic rings. The predicted molar refractivity (Wildman–Crippen MR) is 99.7 cm³/mol. The van der Waals surface area contributed by atoms with Gasteiger partial charge in [0.1, 0.15) is 0 Å². The third-order valence-corrected chi connectivity index (χ3v) is 6.25. The summed E-state index contributed by atoms with van der Waals surface area (Å²) in [6, 6.07) is 4.12. The summed E-state index contributed by atoms with van der Waals surface area (Å²) in [7, 11) is 0. The number of likely N-dealkylation sites (tertiary alicyclic amines) is 1. The fraction of sp³-hybridized carbons (Fsp3) is 0.737. The van der Waals surface area contributed by atoms with Crippen molar-refractivity contribution >= 4 is 17.2 Å². The molecule has 2 fully saturated rings. The fourth-order valence-electron chi connectivity index (χ4n) is 4.16. The number of hydrogen-bond acceptors (Lipinski definition) is 5. The maximum absolute atomic E-state index is 12.6. The van der Waals surface area contributed by atoms with E-state index in [1.54, 1.807) is 11.3 Å². The van der Waals surface area contributed by atoms with Crippen LogP contribution in [0.4, 0.5) is 0 Å². The molecule has 1 aromatic rings. The lowest BCUT2D eigenvalue weighted by Crippen LogP contribution is -2.48. The second kappa shape index (κ2) is 8.62. The van der Waals surface area contributed by atoms with E-state index in [0.29, 0.717) is 18.9 Å². The molecule has 4 atom stereocenters. The van der Waals surface area contributed by atoms with Crippen molar-refractivity contribution in [3.63, 3.8) is 0 Å². The first-order valence-electron chi connectivity index (χ1n) is 9.34. The van der Waals surface area contributed by atoms with E-state index in [4.69, 9.17) is 4.74 Å². The molecule has 0 spiro atoms. The minimum Gasteiger partial charge on any atom is -0.396 e. The number of aliphatic hydroxyl groups is 1. The summed E-state index contributed by atoms with van der Waals surface area (Å²) >= 11 is 1.71. The Morgan fingerprint density at radius 3 is 2.60 bits per heavy atom. The molecule has 0 bridgehead atoms. The van der Waals surface area contributed by atoms with Crippen LogP contribution in [0, 0.1) is 11.8 Å². The van der Waals surface area contributed by atoms with Crippen molar-refractivity contribution in [3.05, 3.63) is 22.4 Å². The second-order valence-corrected chi connectivity index (χ2v) is 8.59. The van der Waals surface area contributed by atoms with E-state index < -0.39 is 0 Å². The maximum atomic E-state index is 12.6. The van der Waals surface area contributed by atoms with Crippen molar-refractivity contribution in [3.8, 4) is 0 Å². The van der Waals surface area contributed by atoms with Gasteiger partial charge in [-0.3, -0.25) is 9.69 Å². The third kappa shape index (κ3) is 5.03. The average Bonchev–Trinajstić information content (AvgIpc) is 3.21. The summed E-state index contributed by atoms with van der Waals surface area (Å²) in [6.45, 7) is 8.67. The lowest BCUT2D eigenvalue weighted by atomic mass is 9.96. The van der Waals surface area contributed by atoms with Gasteiger partial charge in [0, 0.05) is 56.5 Å². The zero-order valence-electron chi connectivity index (χ0n) is 15.3. The first-order valence-corrected chi connectivity index (χ1v) is 10.2. The molecule has 0 radical (unpaired) electrons. The normalized spacial score (nSPS) is 30.8. The van der Waals surface area contributed by atoms with Gasteiger partial charge in [0.05, 0.1) is 12.2 Å². The molecular formula is C19H30N2O3S. The molecule has 1 aromatic heterocycles. The molecule has 6 heteroatoms. The molecule has 1 N–H and O–H groups in total. The van der Waals surface area contributed by atoms with Crippen molar-refractivity contribution in [2.45, 2.75) is 38.9 Å². The quantitative estimate of drug-likeness (QED) is 0.835. The monoisotopic (exact) mass is 366 g/mol. The Balaban J connectivity index is 1.51. The van der Waals surface area contributed by atoms with Crippen molar-refractivity contribution in [2.24, 2.45) is 11.8 Å². The van der Waals surface area contributed by atoms with E-state index in [1.165, 1.54) is 4.88 Å². The molecule has 25 heavy (non-hydrogen) atoms. The van der Waals surface area contributed by atoms with E-state index in [0.717, 1.165) is 32.6 Å². The van der Waals surface area contributed by atoms with Gasteiger partial charge in [-0.05, 0) is 37.6 Å². The molecule has 0 aliphatic carbocycles. The number of carbonyl (C=O) groups is 1. The number of aliphatic hydroxyl groups excluding tert-OH is 1. The molecule has 0 saturated carbocycles. The van der Waals surface area contributed by atoms with E-state index in [1.807, 2.05) is 11.0 Å². The molecule has 3 heterocycles. The first kappa shape index (κ1) is 18.8. The molecular weight excluding hydrogens is 336 g/mol. The van der Waals surface area contributed by atoms with Crippen molar-refractivity contribution in [1.29, 1.82) is 0 Å². The Labute approximate surface area is 154 Å². The highest BCUT2D eigenvalue weighted by Gasteiger charge is 2.36. The van der Waals surface area contributed by atoms with E-state index in [2.05, 4.69) is 30.2 Å². The van der Waals surface area contributed by atoms with Crippen LogP contribution in [0.1, 0.15) is 25.1 Å². The minimum atomic E-state index is 0.162. The smallest absolute Gasteiger partial charge is 0.222 e. The lowest BCUT2D eigenvalue weighted by Gasteiger charge is -2.37. The number of aryl methyl sites for hydroxylation is 1. The topological polar surface area (TPSA) is 53.0 Å². The Kier molecular flexibility index (Phi) is 6.49. The number of amides is 1. The second-order valence-electron chi connectivity index (χ2n) is 7.56. The Hall–Kier alpha value is -0.950. The van der Waals surface area contributed by atoms with Gasteiger partial charge in [0.2, 0.25) is 5.91 Å². The summed E-state index contributed by atoms with van der Waals surface area (Å²) in [4.78, 5) is 18.2. The lowest BCUT2D eigenvalue weighted by molar-refractivity contribution is -0.130. The number of morpholine rings is 1. The summed E-state index contributed by atoms with van der Waals surface area (Å²) in [5.41, 5.74) is 0. The molecule has 0 unspecified atom stereocenters. The van der Waals surface area contributed by atoms with Gasteiger partial charge >= 0.3 is 0 Å². The summed E-state index contributed by atoms with van der Waals surface area (Å²) in [5, 5.41) is 11.8. The van der Waals surface area contributed by atoms with E-state index in [-0.39, 0.29) is 30.6 Å². The van der Waals surface area contributed by atoms with Crippen LogP contribution in [0.15, 0.2) is 17.5 Å². The highest BCUT2D eigenvalue weighted by Crippen LogP contribution is 2.26. The van der Waals surface area contributed by atoms with Crippen LogP contribution < -0.4 is 0 Å². The first-order chi connectivity index (χ1) is 12.0. The van der Waals surface area contributed by atoms with Gasteiger partial charge in [-0.2, -0.15) is 0 Å². The number of nitrogens with zero attached hydrogens (tertiary/aromatic N) is 2. The van der Waals surface area contributed by atoms with E-state index in [9.17, 15) is 9.90 Å². The fourth-order valence-corrected chi connectivity index (χ4v) is 4.87. The average molecular weight is 367 g/mol. The molecule has 2 aliphatic heterocycles. The Morgan fingerprint density at radius 1 is 1.24 bits per heavy atom. The SMILES string of the molecule is C[C@@H]1CN(C[C@H]2CN(C(=O)CCc3cccs3)C[C@H]2CO)C[C@H](C)O1. The predicted octanol–water partition coefficient (Wildman–Crippen LogP) is 1.86. The summed E-state index contributed by atoms with van der Waals surface area (Å²) < 4.78 is 5.81. The zero-order valence-corrected chi connectivity index (χ0v) is 16.1. The Bertz CT molecular complexity index is 541. The van der Waals surface area contributed by atoms with Crippen LogP contribution in [0.3, 0.4) is 0 Å². The highest BCUT2D eigenvalue weighted by atomic mass is 32.1. The van der Waals surface area contributed by atoms with Crippen molar-refractivity contribution in [1.82, 2.24) is 9.80 Å². The zero-order chi connectivity index (χ0) is 17.8. The van der Waals surface area contributed by atoms with Crippen LogP contribution in [-0.2, 0) is 16.0 Å². The van der Waals surface area contributed by atoms with Crippen LogP contribution in [0.25, 0.3) is 0 Å². The molecule has 0 aromatic carbocycles.